The molecule has 0 amide bonds. The van der Waals surface area contributed by atoms with Crippen molar-refractivity contribution >= 4 is 5.78 Å². The van der Waals surface area contributed by atoms with Crippen molar-refractivity contribution in [2.45, 2.75) is 34.1 Å². The number of carbonyl (C=O) groups is 1. The van der Waals surface area contributed by atoms with Crippen LogP contribution in [-0.2, 0) is 4.79 Å². The summed E-state index contributed by atoms with van der Waals surface area (Å²) >= 11 is 0. The van der Waals surface area contributed by atoms with Crippen LogP contribution < -0.4 is 0 Å². The van der Waals surface area contributed by atoms with Crippen LogP contribution in [0.25, 0.3) is 0 Å². The zero-order valence-corrected chi connectivity index (χ0v) is 9.26. The number of Topliss-reactive ketones (excluding diaryl/α,β-unsaturated/α-hetero) is 1. The second-order valence-corrected chi connectivity index (χ2v) is 5.25. The first-order valence-corrected chi connectivity index (χ1v) is 5.13. The van der Waals surface area contributed by atoms with E-state index in [1.807, 2.05) is 0 Å². The van der Waals surface area contributed by atoms with Crippen molar-refractivity contribution in [2.75, 3.05) is 19.6 Å². The van der Waals surface area contributed by atoms with E-state index in [0.29, 0.717) is 5.78 Å². The fraction of sp³-hybridized carbons (Fsp3) is 0.909. The Balaban J connectivity index is 2.26. The summed E-state index contributed by atoms with van der Waals surface area (Å²) in [6, 6.07) is 0. The Morgan fingerprint density at radius 3 is 2.38 bits per heavy atom. The summed E-state index contributed by atoms with van der Waals surface area (Å²) < 4.78 is 0. The van der Waals surface area contributed by atoms with E-state index in [-0.39, 0.29) is 5.41 Å². The maximum absolute atomic E-state index is 11.0. The third-order valence-corrected chi connectivity index (χ3v) is 2.51. The summed E-state index contributed by atoms with van der Waals surface area (Å²) in [4.78, 5) is 13.4. The first-order chi connectivity index (χ1) is 5.91. The average molecular weight is 183 g/mol. The molecule has 0 atom stereocenters. The zero-order chi connectivity index (χ0) is 10.1. The van der Waals surface area contributed by atoms with E-state index in [9.17, 15) is 4.79 Å². The largest absolute Gasteiger partial charge is 0.302 e. The summed E-state index contributed by atoms with van der Waals surface area (Å²) in [6.45, 7) is 11.8. The van der Waals surface area contributed by atoms with Gasteiger partial charge in [0.2, 0.25) is 0 Å². The molecule has 1 rings (SSSR count). The third-order valence-electron chi connectivity index (χ3n) is 2.51. The second kappa shape index (κ2) is 3.79. The van der Waals surface area contributed by atoms with Gasteiger partial charge in [-0.3, -0.25) is 0 Å². The Morgan fingerprint density at radius 1 is 1.46 bits per heavy atom. The molecule has 0 saturated carbocycles. The molecule has 0 aliphatic carbocycles. The van der Waals surface area contributed by atoms with Crippen LogP contribution in [0.3, 0.4) is 0 Å². The molecule has 0 aromatic heterocycles. The highest BCUT2D eigenvalue weighted by atomic mass is 16.1. The molecule has 76 valence electrons. The zero-order valence-electron chi connectivity index (χ0n) is 9.26. The highest BCUT2D eigenvalue weighted by Gasteiger charge is 2.39. The van der Waals surface area contributed by atoms with E-state index >= 15 is 0 Å². The van der Waals surface area contributed by atoms with E-state index in [0.717, 1.165) is 25.4 Å². The molecular formula is C11H21NO. The molecule has 1 saturated heterocycles. The van der Waals surface area contributed by atoms with Gasteiger partial charge in [0.1, 0.15) is 5.78 Å². The molecule has 0 bridgehead atoms. The standard InChI is InChI=1S/C11H21NO/c1-9(2)6-12-7-11(4,8-12)5-10(3)13/h9H,5-8H2,1-4H3. The maximum Gasteiger partial charge on any atom is 0.130 e. The number of hydrogen-bond acceptors (Lipinski definition) is 2. The van der Waals surface area contributed by atoms with Crippen LogP contribution in [0.2, 0.25) is 0 Å². The number of rotatable bonds is 4. The molecule has 1 heterocycles. The van der Waals surface area contributed by atoms with Gasteiger partial charge >= 0.3 is 0 Å². The molecule has 0 aromatic carbocycles. The van der Waals surface area contributed by atoms with Crippen LogP contribution in [0.15, 0.2) is 0 Å². The number of ketones is 1. The van der Waals surface area contributed by atoms with Crippen LogP contribution in [0.1, 0.15) is 34.1 Å². The minimum atomic E-state index is 0.278. The first kappa shape index (κ1) is 10.7. The number of hydrogen-bond donors (Lipinski definition) is 0. The molecule has 1 fully saturated rings. The highest BCUT2D eigenvalue weighted by Crippen LogP contribution is 2.33. The van der Waals surface area contributed by atoms with Crippen LogP contribution in [0.5, 0.6) is 0 Å². The van der Waals surface area contributed by atoms with Gasteiger partial charge in [0.25, 0.3) is 0 Å². The van der Waals surface area contributed by atoms with Crippen LogP contribution in [-0.4, -0.2) is 30.3 Å². The minimum absolute atomic E-state index is 0.278. The monoisotopic (exact) mass is 183 g/mol. The lowest BCUT2D eigenvalue weighted by Gasteiger charge is -2.48. The van der Waals surface area contributed by atoms with Crippen molar-refractivity contribution in [1.29, 1.82) is 0 Å². The molecule has 0 spiro atoms. The predicted molar refractivity (Wildman–Crippen MR) is 54.7 cm³/mol. The van der Waals surface area contributed by atoms with E-state index in [4.69, 9.17) is 0 Å². The number of nitrogens with zero attached hydrogens (tertiary/aromatic N) is 1. The average Bonchev–Trinajstić information content (AvgIpc) is 1.79. The van der Waals surface area contributed by atoms with Crippen molar-refractivity contribution in [3.63, 3.8) is 0 Å². The van der Waals surface area contributed by atoms with Crippen molar-refractivity contribution in [2.24, 2.45) is 11.3 Å². The number of carbonyl (C=O) groups excluding carboxylic acids is 1. The van der Waals surface area contributed by atoms with Crippen molar-refractivity contribution in [3.8, 4) is 0 Å². The van der Waals surface area contributed by atoms with Crippen molar-refractivity contribution < 1.29 is 4.79 Å². The van der Waals surface area contributed by atoms with Gasteiger partial charge in [-0.05, 0) is 18.3 Å². The lowest BCUT2D eigenvalue weighted by atomic mass is 9.77. The quantitative estimate of drug-likeness (QED) is 0.664. The van der Waals surface area contributed by atoms with E-state index in [1.165, 1.54) is 6.54 Å². The molecule has 2 heteroatoms. The summed E-state index contributed by atoms with van der Waals surface area (Å²) in [5.74, 6) is 1.06. The highest BCUT2D eigenvalue weighted by molar-refractivity contribution is 5.76. The van der Waals surface area contributed by atoms with Gasteiger partial charge in [-0.15, -0.1) is 0 Å². The van der Waals surface area contributed by atoms with Gasteiger partial charge < -0.3 is 9.69 Å². The lowest BCUT2D eigenvalue weighted by molar-refractivity contribution is -0.122. The van der Waals surface area contributed by atoms with Crippen molar-refractivity contribution in [3.05, 3.63) is 0 Å². The SMILES string of the molecule is CC(=O)CC1(C)CN(CC(C)C)C1. The summed E-state index contributed by atoms with van der Waals surface area (Å²) in [5, 5.41) is 0. The van der Waals surface area contributed by atoms with E-state index in [1.54, 1.807) is 6.92 Å². The Hall–Kier alpha value is -0.370. The van der Waals surface area contributed by atoms with Gasteiger partial charge in [0.05, 0.1) is 0 Å². The molecule has 1 aliphatic rings. The minimum Gasteiger partial charge on any atom is -0.302 e. The van der Waals surface area contributed by atoms with Gasteiger partial charge in [0, 0.05) is 26.1 Å². The molecule has 0 aromatic rings. The molecule has 1 aliphatic heterocycles. The first-order valence-electron chi connectivity index (χ1n) is 5.13. The Bertz CT molecular complexity index is 192. The molecule has 0 N–H and O–H groups in total. The predicted octanol–water partition coefficient (Wildman–Crippen LogP) is 1.94. The summed E-state index contributed by atoms with van der Waals surface area (Å²) in [7, 11) is 0. The van der Waals surface area contributed by atoms with E-state index in [2.05, 4.69) is 25.7 Å². The van der Waals surface area contributed by atoms with Gasteiger partial charge in [-0.1, -0.05) is 20.8 Å². The topological polar surface area (TPSA) is 20.3 Å². The fourth-order valence-electron chi connectivity index (χ4n) is 2.39. The van der Waals surface area contributed by atoms with Crippen molar-refractivity contribution in [1.82, 2.24) is 4.90 Å². The number of likely N-dealkylation sites (tertiary alicyclic amines) is 1. The van der Waals surface area contributed by atoms with Crippen LogP contribution in [0.4, 0.5) is 0 Å². The summed E-state index contributed by atoms with van der Waals surface area (Å²) in [5.41, 5.74) is 0.278. The second-order valence-electron chi connectivity index (χ2n) is 5.25. The van der Waals surface area contributed by atoms with Crippen LogP contribution in [0, 0.1) is 11.3 Å². The fourth-order valence-corrected chi connectivity index (χ4v) is 2.39. The van der Waals surface area contributed by atoms with E-state index < -0.39 is 0 Å². The summed E-state index contributed by atoms with van der Waals surface area (Å²) in [6.07, 6.45) is 0.752. The molecule has 13 heavy (non-hydrogen) atoms. The van der Waals surface area contributed by atoms with Gasteiger partial charge in [0.15, 0.2) is 0 Å². The molecule has 0 radical (unpaired) electrons. The van der Waals surface area contributed by atoms with Gasteiger partial charge in [-0.25, -0.2) is 0 Å². The maximum atomic E-state index is 11.0. The molecule has 0 unspecified atom stereocenters. The Kier molecular flexibility index (Phi) is 3.12. The lowest BCUT2D eigenvalue weighted by Crippen LogP contribution is -2.56. The smallest absolute Gasteiger partial charge is 0.130 e. The Labute approximate surface area is 81.3 Å². The molecule has 2 nitrogen and oxygen atoms in total. The normalized spacial score (nSPS) is 21.6. The Morgan fingerprint density at radius 2 is 2.00 bits per heavy atom. The van der Waals surface area contributed by atoms with Gasteiger partial charge in [-0.2, -0.15) is 0 Å². The third kappa shape index (κ3) is 3.11. The van der Waals surface area contributed by atoms with Crippen LogP contribution >= 0.6 is 0 Å². The molecular weight excluding hydrogens is 162 g/mol.